The number of methoxy groups -OCH3 is 1. The summed E-state index contributed by atoms with van der Waals surface area (Å²) in [7, 11) is 1.64. The molecule has 194 valence electrons. The minimum absolute atomic E-state index is 0.0786. The summed E-state index contributed by atoms with van der Waals surface area (Å²) < 4.78 is 5.41. The second-order valence-corrected chi connectivity index (χ2v) is 10.5. The van der Waals surface area contributed by atoms with E-state index in [0.29, 0.717) is 27.8 Å². The van der Waals surface area contributed by atoms with Gasteiger partial charge in [-0.05, 0) is 73.7 Å². The fourth-order valence-electron chi connectivity index (χ4n) is 4.12. The van der Waals surface area contributed by atoms with E-state index in [1.54, 1.807) is 7.11 Å². The van der Waals surface area contributed by atoms with Crippen LogP contribution in [0.1, 0.15) is 49.6 Å². The summed E-state index contributed by atoms with van der Waals surface area (Å²) in [5.41, 5.74) is 5.72. The first kappa shape index (κ1) is 25.5. The number of nitrogens with zero attached hydrogens (tertiary/aromatic N) is 1. The molecule has 38 heavy (non-hydrogen) atoms. The molecule has 0 bridgehead atoms. The molecule has 1 aliphatic carbocycles. The SMILES string of the molecule is COc1ccc(-c2nc(Nc3cc(C(=O)NC4CC4)ccc3C)sc2C(=O)NCc2ccccc2)cc1C. The first-order chi connectivity index (χ1) is 18.4. The smallest absolute Gasteiger partial charge is 0.264 e. The fourth-order valence-corrected chi connectivity index (χ4v) is 5.03. The Morgan fingerprint density at radius 3 is 2.47 bits per heavy atom. The molecule has 1 aliphatic rings. The Kier molecular flexibility index (Phi) is 7.42. The Bertz CT molecular complexity index is 1480. The van der Waals surface area contributed by atoms with Gasteiger partial charge < -0.3 is 20.7 Å². The van der Waals surface area contributed by atoms with Gasteiger partial charge in [-0.25, -0.2) is 4.98 Å². The Morgan fingerprint density at radius 1 is 0.974 bits per heavy atom. The predicted molar refractivity (Wildman–Crippen MR) is 151 cm³/mol. The molecule has 2 amide bonds. The van der Waals surface area contributed by atoms with Gasteiger partial charge in [-0.15, -0.1) is 0 Å². The molecule has 0 saturated heterocycles. The predicted octanol–water partition coefficient (Wildman–Crippen LogP) is 6.00. The summed E-state index contributed by atoms with van der Waals surface area (Å²) in [6, 6.07) is 21.4. The van der Waals surface area contributed by atoms with Crippen molar-refractivity contribution in [3.8, 4) is 17.0 Å². The normalized spacial score (nSPS) is 12.6. The van der Waals surface area contributed by atoms with Crippen molar-refractivity contribution in [1.29, 1.82) is 0 Å². The van der Waals surface area contributed by atoms with Crippen LogP contribution in [0.5, 0.6) is 5.75 Å². The molecule has 3 aromatic carbocycles. The molecule has 0 atom stereocenters. The first-order valence-electron chi connectivity index (χ1n) is 12.6. The van der Waals surface area contributed by atoms with Crippen molar-refractivity contribution in [3.63, 3.8) is 0 Å². The standard InChI is InChI=1S/C30H30N4O3S/c1-18-9-10-22(28(35)32-23-12-13-23)16-24(18)33-30-34-26(21-11-14-25(37-3)19(2)15-21)27(38-30)29(36)31-17-20-7-5-4-6-8-20/h4-11,14-16,23H,12-13,17H2,1-3H3,(H,31,36)(H,32,35)(H,33,34). The van der Waals surface area contributed by atoms with Crippen molar-refractivity contribution in [1.82, 2.24) is 15.6 Å². The highest BCUT2D eigenvalue weighted by atomic mass is 32.1. The number of aromatic nitrogens is 1. The molecule has 1 heterocycles. The lowest BCUT2D eigenvalue weighted by Gasteiger charge is -2.10. The molecule has 0 spiro atoms. The van der Waals surface area contributed by atoms with Crippen LogP contribution in [-0.4, -0.2) is 29.9 Å². The largest absolute Gasteiger partial charge is 0.496 e. The number of amides is 2. The van der Waals surface area contributed by atoms with Crippen LogP contribution in [0.2, 0.25) is 0 Å². The molecule has 7 nitrogen and oxygen atoms in total. The van der Waals surface area contributed by atoms with E-state index in [1.165, 1.54) is 11.3 Å². The van der Waals surface area contributed by atoms with Gasteiger partial charge in [0, 0.05) is 29.4 Å². The van der Waals surface area contributed by atoms with Crippen LogP contribution < -0.4 is 20.7 Å². The lowest BCUT2D eigenvalue weighted by atomic mass is 10.1. The average molecular weight is 527 g/mol. The van der Waals surface area contributed by atoms with Gasteiger partial charge in [-0.3, -0.25) is 9.59 Å². The summed E-state index contributed by atoms with van der Waals surface area (Å²) in [5, 5.41) is 9.98. The van der Waals surface area contributed by atoms with E-state index in [1.807, 2.05) is 80.6 Å². The van der Waals surface area contributed by atoms with Crippen molar-refractivity contribution in [2.24, 2.45) is 0 Å². The zero-order valence-electron chi connectivity index (χ0n) is 21.6. The van der Waals surface area contributed by atoms with Crippen LogP contribution in [0.3, 0.4) is 0 Å². The van der Waals surface area contributed by atoms with Crippen LogP contribution in [0.15, 0.2) is 66.7 Å². The van der Waals surface area contributed by atoms with Gasteiger partial charge in [0.15, 0.2) is 5.13 Å². The second-order valence-electron chi connectivity index (χ2n) is 9.45. The summed E-state index contributed by atoms with van der Waals surface area (Å²) in [6.07, 6.45) is 2.06. The lowest BCUT2D eigenvalue weighted by Crippen LogP contribution is -2.25. The molecule has 8 heteroatoms. The van der Waals surface area contributed by atoms with Crippen molar-refractivity contribution >= 4 is 34.0 Å². The average Bonchev–Trinajstić information content (AvgIpc) is 3.64. The topological polar surface area (TPSA) is 92.3 Å². The Hall–Kier alpha value is -4.17. The van der Waals surface area contributed by atoms with Gasteiger partial charge in [0.25, 0.3) is 11.8 Å². The zero-order chi connectivity index (χ0) is 26.6. The lowest BCUT2D eigenvalue weighted by molar-refractivity contribution is 0.0944. The Balaban J connectivity index is 1.45. The van der Waals surface area contributed by atoms with Crippen molar-refractivity contribution in [2.75, 3.05) is 12.4 Å². The number of hydrogen-bond donors (Lipinski definition) is 3. The van der Waals surface area contributed by atoms with Gasteiger partial charge in [0.05, 0.1) is 12.8 Å². The molecule has 1 aromatic heterocycles. The van der Waals surface area contributed by atoms with Gasteiger partial charge in [-0.2, -0.15) is 0 Å². The van der Waals surface area contributed by atoms with Crippen LogP contribution in [0.4, 0.5) is 10.8 Å². The number of rotatable bonds is 9. The highest BCUT2D eigenvalue weighted by molar-refractivity contribution is 7.18. The third kappa shape index (κ3) is 5.86. The first-order valence-corrected chi connectivity index (χ1v) is 13.4. The van der Waals surface area contributed by atoms with Gasteiger partial charge >= 0.3 is 0 Å². The third-order valence-electron chi connectivity index (χ3n) is 6.45. The summed E-state index contributed by atoms with van der Waals surface area (Å²) in [4.78, 5) is 31.3. The number of aryl methyl sites for hydroxylation is 2. The molecule has 1 saturated carbocycles. The highest BCUT2D eigenvalue weighted by Gasteiger charge is 2.24. The maximum Gasteiger partial charge on any atom is 0.264 e. The number of hydrogen-bond acceptors (Lipinski definition) is 6. The molecule has 4 aromatic rings. The molecular weight excluding hydrogens is 496 g/mol. The minimum atomic E-state index is -0.197. The Labute approximate surface area is 226 Å². The van der Waals surface area contributed by atoms with E-state index < -0.39 is 0 Å². The van der Waals surface area contributed by atoms with Crippen LogP contribution in [0, 0.1) is 13.8 Å². The van der Waals surface area contributed by atoms with Crippen molar-refractivity contribution < 1.29 is 14.3 Å². The number of benzene rings is 3. The summed E-state index contributed by atoms with van der Waals surface area (Å²) in [6.45, 7) is 4.35. The monoisotopic (exact) mass is 526 g/mol. The minimum Gasteiger partial charge on any atom is -0.496 e. The van der Waals surface area contributed by atoms with Gasteiger partial charge in [-0.1, -0.05) is 47.7 Å². The maximum atomic E-state index is 13.4. The fraction of sp³-hybridized carbons (Fsp3) is 0.233. The number of anilines is 2. The highest BCUT2D eigenvalue weighted by Crippen LogP contribution is 2.35. The molecule has 0 unspecified atom stereocenters. The quantitative estimate of drug-likeness (QED) is 0.249. The maximum absolute atomic E-state index is 13.4. The van der Waals surface area contributed by atoms with Crippen LogP contribution in [0.25, 0.3) is 11.3 Å². The van der Waals surface area contributed by atoms with E-state index in [2.05, 4.69) is 16.0 Å². The third-order valence-corrected chi connectivity index (χ3v) is 7.42. The molecular formula is C30H30N4O3S. The number of thiazole rings is 1. The second kappa shape index (κ2) is 11.1. The van der Waals surface area contributed by atoms with E-state index in [9.17, 15) is 9.59 Å². The number of carbonyl (C=O) groups is 2. The van der Waals surface area contributed by atoms with Gasteiger partial charge in [0.2, 0.25) is 0 Å². The van der Waals surface area contributed by atoms with Crippen molar-refractivity contribution in [3.05, 3.63) is 93.9 Å². The van der Waals surface area contributed by atoms with E-state index in [-0.39, 0.29) is 17.9 Å². The van der Waals surface area contributed by atoms with E-state index >= 15 is 0 Å². The molecule has 0 radical (unpaired) electrons. The number of ether oxygens (including phenoxy) is 1. The van der Waals surface area contributed by atoms with Crippen molar-refractivity contribution in [2.45, 2.75) is 39.3 Å². The van der Waals surface area contributed by atoms with E-state index in [4.69, 9.17) is 9.72 Å². The zero-order valence-corrected chi connectivity index (χ0v) is 22.4. The molecule has 1 fully saturated rings. The molecule has 0 aliphatic heterocycles. The summed E-state index contributed by atoms with van der Waals surface area (Å²) in [5.74, 6) is 0.497. The number of nitrogens with one attached hydrogen (secondary N) is 3. The van der Waals surface area contributed by atoms with Gasteiger partial charge in [0.1, 0.15) is 10.6 Å². The molecule has 3 N–H and O–H groups in total. The summed E-state index contributed by atoms with van der Waals surface area (Å²) >= 11 is 1.29. The van der Waals surface area contributed by atoms with Crippen LogP contribution >= 0.6 is 11.3 Å². The molecule has 5 rings (SSSR count). The Morgan fingerprint density at radius 2 is 1.76 bits per heavy atom. The van der Waals surface area contributed by atoms with Crippen LogP contribution in [-0.2, 0) is 6.54 Å². The van der Waals surface area contributed by atoms with E-state index in [0.717, 1.165) is 46.5 Å². The number of carbonyl (C=O) groups excluding carboxylic acids is 2.